The topological polar surface area (TPSA) is 23.8 Å². The predicted molar refractivity (Wildman–Crippen MR) is 67.0 cm³/mol. The van der Waals surface area contributed by atoms with Gasteiger partial charge in [0.25, 0.3) is 0 Å². The van der Waals surface area contributed by atoms with Crippen LogP contribution in [0.2, 0.25) is 0 Å². The Bertz CT molecular complexity index is 391. The van der Waals surface area contributed by atoms with Crippen LogP contribution < -0.4 is 0 Å². The van der Waals surface area contributed by atoms with Crippen LogP contribution in [0.1, 0.15) is 31.2 Å². The largest absolute Gasteiger partial charge is 0.192 e. The molecule has 3 heteroatoms. The number of hydrogen-bond acceptors (Lipinski definition) is 2. The van der Waals surface area contributed by atoms with Gasteiger partial charge in [-0.3, -0.25) is 0 Å². The molecule has 0 bridgehead atoms. The van der Waals surface area contributed by atoms with Gasteiger partial charge < -0.3 is 0 Å². The first-order valence-corrected chi connectivity index (χ1v) is 6.83. The SMILES string of the molecule is N#Cc1ccc(SC2CCCC2)cc1Br. The molecule has 0 unspecified atom stereocenters. The Balaban J connectivity index is 2.09. The Morgan fingerprint density at radius 2 is 2.07 bits per heavy atom. The van der Waals surface area contributed by atoms with Gasteiger partial charge in [0.1, 0.15) is 6.07 Å². The summed E-state index contributed by atoms with van der Waals surface area (Å²) in [5.74, 6) is 0. The minimum atomic E-state index is 0.714. The highest BCUT2D eigenvalue weighted by Crippen LogP contribution is 2.35. The number of hydrogen-bond donors (Lipinski definition) is 0. The van der Waals surface area contributed by atoms with Gasteiger partial charge in [0.05, 0.1) is 5.56 Å². The van der Waals surface area contributed by atoms with Gasteiger partial charge in [0.2, 0.25) is 0 Å². The van der Waals surface area contributed by atoms with Crippen LogP contribution >= 0.6 is 27.7 Å². The molecule has 0 heterocycles. The van der Waals surface area contributed by atoms with Crippen LogP contribution in [0.25, 0.3) is 0 Å². The summed E-state index contributed by atoms with van der Waals surface area (Å²) >= 11 is 5.37. The predicted octanol–water partition coefficient (Wildman–Crippen LogP) is 4.36. The molecule has 2 rings (SSSR count). The monoisotopic (exact) mass is 281 g/mol. The zero-order valence-electron chi connectivity index (χ0n) is 8.37. The zero-order chi connectivity index (χ0) is 10.7. The van der Waals surface area contributed by atoms with E-state index in [1.807, 2.05) is 23.9 Å². The summed E-state index contributed by atoms with van der Waals surface area (Å²) in [6.07, 6.45) is 5.41. The molecule has 0 atom stereocenters. The maximum absolute atomic E-state index is 8.81. The molecule has 78 valence electrons. The summed E-state index contributed by atoms with van der Waals surface area (Å²) in [4.78, 5) is 1.27. The first-order valence-electron chi connectivity index (χ1n) is 5.16. The zero-order valence-corrected chi connectivity index (χ0v) is 10.8. The maximum atomic E-state index is 8.81. The molecule has 1 nitrogen and oxygen atoms in total. The van der Waals surface area contributed by atoms with Crippen molar-refractivity contribution in [2.75, 3.05) is 0 Å². The van der Waals surface area contributed by atoms with Gasteiger partial charge in [0, 0.05) is 14.6 Å². The molecule has 0 amide bonds. The highest BCUT2D eigenvalue weighted by atomic mass is 79.9. The van der Waals surface area contributed by atoms with Crippen molar-refractivity contribution in [3.8, 4) is 6.07 Å². The van der Waals surface area contributed by atoms with Crippen LogP contribution in [0.5, 0.6) is 0 Å². The molecule has 1 aromatic rings. The molecule has 0 radical (unpaired) electrons. The fourth-order valence-corrected chi connectivity index (χ4v) is 3.76. The van der Waals surface area contributed by atoms with Crippen LogP contribution in [-0.2, 0) is 0 Å². The number of nitrogens with zero attached hydrogens (tertiary/aromatic N) is 1. The summed E-state index contributed by atoms with van der Waals surface area (Å²) in [5, 5.41) is 9.59. The van der Waals surface area contributed by atoms with E-state index in [0.29, 0.717) is 5.56 Å². The molecule has 1 aromatic carbocycles. The smallest absolute Gasteiger partial charge is 0.100 e. The van der Waals surface area contributed by atoms with E-state index in [4.69, 9.17) is 5.26 Å². The number of benzene rings is 1. The fraction of sp³-hybridized carbons (Fsp3) is 0.417. The van der Waals surface area contributed by atoms with Crippen molar-refractivity contribution in [1.29, 1.82) is 5.26 Å². The summed E-state index contributed by atoms with van der Waals surface area (Å²) in [5.41, 5.74) is 0.714. The van der Waals surface area contributed by atoms with Crippen LogP contribution in [-0.4, -0.2) is 5.25 Å². The van der Waals surface area contributed by atoms with Crippen molar-refractivity contribution in [2.45, 2.75) is 35.8 Å². The molecule has 0 aromatic heterocycles. The van der Waals surface area contributed by atoms with Gasteiger partial charge in [-0.1, -0.05) is 12.8 Å². The van der Waals surface area contributed by atoms with Crippen LogP contribution in [0, 0.1) is 11.3 Å². The first-order chi connectivity index (χ1) is 7.29. The third kappa shape index (κ3) is 2.76. The lowest BCUT2D eigenvalue weighted by Crippen LogP contribution is -1.93. The average Bonchev–Trinajstić information content (AvgIpc) is 2.71. The van der Waals surface area contributed by atoms with Gasteiger partial charge in [-0.25, -0.2) is 0 Å². The summed E-state index contributed by atoms with van der Waals surface area (Å²) < 4.78 is 0.910. The summed E-state index contributed by atoms with van der Waals surface area (Å²) in [6, 6.07) is 8.16. The second kappa shape index (κ2) is 5.05. The first kappa shape index (κ1) is 11.0. The lowest BCUT2D eigenvalue weighted by Gasteiger charge is -2.08. The molecule has 0 aliphatic heterocycles. The number of rotatable bonds is 2. The standard InChI is InChI=1S/C12H12BrNS/c13-12-7-11(6-5-9(12)8-14)15-10-3-1-2-4-10/h5-7,10H,1-4H2. The van der Waals surface area contributed by atoms with E-state index in [-0.39, 0.29) is 0 Å². The Labute approximate surface area is 103 Å². The molecule has 1 aliphatic carbocycles. The van der Waals surface area contributed by atoms with Crippen molar-refractivity contribution >= 4 is 27.7 Å². The van der Waals surface area contributed by atoms with E-state index in [2.05, 4.69) is 28.1 Å². The highest BCUT2D eigenvalue weighted by Gasteiger charge is 2.16. The number of halogens is 1. The van der Waals surface area contributed by atoms with Crippen LogP contribution in [0.15, 0.2) is 27.6 Å². The van der Waals surface area contributed by atoms with Gasteiger partial charge >= 0.3 is 0 Å². The summed E-state index contributed by atoms with van der Waals surface area (Å²) in [6.45, 7) is 0. The number of thioether (sulfide) groups is 1. The third-order valence-corrected chi connectivity index (χ3v) is 4.65. The van der Waals surface area contributed by atoms with Crippen LogP contribution in [0.4, 0.5) is 0 Å². The molecule has 1 fully saturated rings. The molecular formula is C12H12BrNS. The van der Waals surface area contributed by atoms with E-state index in [9.17, 15) is 0 Å². The van der Waals surface area contributed by atoms with Crippen molar-refractivity contribution in [3.63, 3.8) is 0 Å². The quantitative estimate of drug-likeness (QED) is 0.805. The Hall–Kier alpha value is -0.460. The third-order valence-electron chi connectivity index (χ3n) is 2.67. The highest BCUT2D eigenvalue weighted by molar-refractivity contribution is 9.10. The maximum Gasteiger partial charge on any atom is 0.100 e. The average molecular weight is 282 g/mol. The van der Waals surface area contributed by atoms with E-state index in [0.717, 1.165) is 9.72 Å². The molecule has 0 spiro atoms. The normalized spacial score (nSPS) is 16.5. The second-order valence-corrected chi connectivity index (χ2v) is 6.01. The van der Waals surface area contributed by atoms with E-state index in [1.165, 1.54) is 30.6 Å². The molecule has 15 heavy (non-hydrogen) atoms. The van der Waals surface area contributed by atoms with Crippen molar-refractivity contribution < 1.29 is 0 Å². The van der Waals surface area contributed by atoms with Gasteiger partial charge in [-0.2, -0.15) is 5.26 Å². The lowest BCUT2D eigenvalue weighted by atomic mass is 10.2. The number of nitriles is 1. The van der Waals surface area contributed by atoms with Crippen molar-refractivity contribution in [1.82, 2.24) is 0 Å². The molecular weight excluding hydrogens is 270 g/mol. The Kier molecular flexibility index (Phi) is 3.71. The van der Waals surface area contributed by atoms with E-state index >= 15 is 0 Å². The van der Waals surface area contributed by atoms with Gasteiger partial charge in [0.15, 0.2) is 0 Å². The molecule has 0 N–H and O–H groups in total. The minimum Gasteiger partial charge on any atom is -0.192 e. The Morgan fingerprint density at radius 1 is 1.33 bits per heavy atom. The molecule has 1 aliphatic rings. The molecule has 1 saturated carbocycles. The second-order valence-electron chi connectivity index (χ2n) is 3.78. The van der Waals surface area contributed by atoms with Crippen LogP contribution in [0.3, 0.4) is 0 Å². The fourth-order valence-electron chi connectivity index (χ4n) is 1.86. The lowest BCUT2D eigenvalue weighted by molar-refractivity contribution is 0.886. The van der Waals surface area contributed by atoms with Crippen molar-refractivity contribution in [3.05, 3.63) is 28.2 Å². The van der Waals surface area contributed by atoms with Gasteiger partial charge in [-0.15, -0.1) is 11.8 Å². The molecule has 0 saturated heterocycles. The minimum absolute atomic E-state index is 0.714. The van der Waals surface area contributed by atoms with E-state index in [1.54, 1.807) is 0 Å². The van der Waals surface area contributed by atoms with Crippen molar-refractivity contribution in [2.24, 2.45) is 0 Å². The summed E-state index contributed by atoms with van der Waals surface area (Å²) in [7, 11) is 0. The van der Waals surface area contributed by atoms with E-state index < -0.39 is 0 Å². The van der Waals surface area contributed by atoms with Gasteiger partial charge in [-0.05, 0) is 47.0 Å². The Morgan fingerprint density at radius 3 is 2.67 bits per heavy atom.